The van der Waals surface area contributed by atoms with Gasteiger partial charge in [0.05, 0.1) is 27.4 Å². The van der Waals surface area contributed by atoms with Crippen molar-refractivity contribution in [1.29, 1.82) is 0 Å². The van der Waals surface area contributed by atoms with E-state index in [0.29, 0.717) is 33.8 Å². The van der Waals surface area contributed by atoms with E-state index in [9.17, 15) is 14.8 Å². The maximum absolute atomic E-state index is 11.3. The van der Waals surface area contributed by atoms with Gasteiger partial charge in [0.2, 0.25) is 0 Å². The van der Waals surface area contributed by atoms with E-state index in [4.69, 9.17) is 23.8 Å². The summed E-state index contributed by atoms with van der Waals surface area (Å²) in [5.41, 5.74) is 2.85. The van der Waals surface area contributed by atoms with Gasteiger partial charge in [-0.1, -0.05) is 12.2 Å². The van der Waals surface area contributed by atoms with Crippen LogP contribution in [0.5, 0.6) is 17.2 Å². The summed E-state index contributed by atoms with van der Waals surface area (Å²) in [5.74, 6) is 0.816. The molecule has 0 aliphatic carbocycles. The zero-order chi connectivity index (χ0) is 20.9. The van der Waals surface area contributed by atoms with Gasteiger partial charge in [0.1, 0.15) is 17.2 Å². The van der Waals surface area contributed by atoms with Crippen molar-refractivity contribution in [3.8, 4) is 17.2 Å². The highest BCUT2D eigenvalue weighted by atomic mass is 31.2. The maximum Gasteiger partial charge on any atom is 0.524 e. The van der Waals surface area contributed by atoms with Crippen molar-refractivity contribution in [2.75, 3.05) is 14.2 Å². The number of phosphoric acid groups is 1. The van der Waals surface area contributed by atoms with Gasteiger partial charge in [0.15, 0.2) is 0 Å². The van der Waals surface area contributed by atoms with Gasteiger partial charge < -0.3 is 24.2 Å². The Balaban J connectivity index is 2.51. The predicted octanol–water partition coefficient (Wildman–Crippen LogP) is 2.64. The molecule has 2 aromatic carbocycles. The van der Waals surface area contributed by atoms with Gasteiger partial charge in [-0.05, 0) is 41.8 Å². The molecule has 0 radical (unpaired) electrons. The molecule has 0 aliphatic heterocycles. The lowest BCUT2D eigenvalue weighted by Gasteiger charge is -2.14. The largest absolute Gasteiger partial charge is 0.524 e. The predicted molar refractivity (Wildman–Crippen MR) is 104 cm³/mol. The third-order valence-corrected chi connectivity index (χ3v) is 4.51. The molecule has 0 saturated carbocycles. The molecule has 0 amide bonds. The van der Waals surface area contributed by atoms with E-state index in [2.05, 4.69) is 0 Å². The third kappa shape index (κ3) is 5.34. The van der Waals surface area contributed by atoms with Gasteiger partial charge in [-0.2, -0.15) is 0 Å². The van der Waals surface area contributed by atoms with E-state index in [-0.39, 0.29) is 19.0 Å². The smallest absolute Gasteiger partial charge is 0.496 e. The lowest BCUT2D eigenvalue weighted by atomic mass is 10.0. The molecule has 28 heavy (non-hydrogen) atoms. The maximum atomic E-state index is 11.3. The van der Waals surface area contributed by atoms with Crippen molar-refractivity contribution in [3.05, 3.63) is 52.1 Å². The molecule has 0 unspecified atom stereocenters. The Morgan fingerprint density at radius 3 is 2.14 bits per heavy atom. The molecular formula is C19H23O8P. The summed E-state index contributed by atoms with van der Waals surface area (Å²) in [6.45, 7) is 1.24. The molecule has 0 saturated heterocycles. The molecule has 0 fully saturated rings. The first-order chi connectivity index (χ1) is 13.2. The standard InChI is InChI=1S/C19H23O8P/c1-12-6-14(18(9-17(12)25-2)27-28(22,23)24)5-4-13-7-15(10-20)16(11-21)19(8-13)26-3/h4-9,20-21H,10-11H2,1-3H3,(H2,22,23,24)/b5-4-. The Bertz CT molecular complexity index is 891. The van der Waals surface area contributed by atoms with Gasteiger partial charge in [0.25, 0.3) is 0 Å². The zero-order valence-corrected chi connectivity index (χ0v) is 16.6. The molecule has 0 heterocycles. The normalized spacial score (nSPS) is 11.7. The number of aliphatic hydroxyl groups is 2. The second-order valence-corrected chi connectivity index (χ2v) is 7.12. The van der Waals surface area contributed by atoms with Crippen molar-refractivity contribution >= 4 is 20.0 Å². The number of aryl methyl sites for hydroxylation is 1. The molecule has 8 nitrogen and oxygen atoms in total. The first-order valence-electron chi connectivity index (χ1n) is 8.25. The Labute approximate surface area is 162 Å². The number of rotatable bonds is 8. The minimum Gasteiger partial charge on any atom is -0.496 e. The number of aliphatic hydroxyl groups excluding tert-OH is 2. The molecule has 0 bridgehead atoms. The van der Waals surface area contributed by atoms with Gasteiger partial charge in [-0.15, -0.1) is 0 Å². The Kier molecular flexibility index (Phi) is 7.23. The fourth-order valence-corrected chi connectivity index (χ4v) is 3.18. The number of ether oxygens (including phenoxy) is 2. The number of hydrogen-bond acceptors (Lipinski definition) is 6. The molecule has 152 valence electrons. The Morgan fingerprint density at radius 1 is 0.929 bits per heavy atom. The van der Waals surface area contributed by atoms with Crippen LogP contribution in [0.2, 0.25) is 0 Å². The van der Waals surface area contributed by atoms with E-state index in [1.807, 2.05) is 0 Å². The lowest BCUT2D eigenvalue weighted by molar-refractivity contribution is 0.254. The second-order valence-electron chi connectivity index (χ2n) is 5.95. The molecule has 0 aliphatic rings. The van der Waals surface area contributed by atoms with Gasteiger partial charge in [-0.25, -0.2) is 4.57 Å². The molecule has 9 heteroatoms. The average molecular weight is 410 g/mol. The van der Waals surface area contributed by atoms with Crippen LogP contribution in [0.4, 0.5) is 0 Å². The SMILES string of the molecule is COc1cc(OP(=O)(O)O)c(/C=C\c2cc(CO)c(CO)c(OC)c2)cc1C. The highest BCUT2D eigenvalue weighted by Gasteiger charge is 2.19. The number of methoxy groups -OCH3 is 2. The summed E-state index contributed by atoms with van der Waals surface area (Å²) in [7, 11) is -1.85. The van der Waals surface area contributed by atoms with Crippen LogP contribution in [0.3, 0.4) is 0 Å². The second kappa shape index (κ2) is 9.23. The lowest BCUT2D eigenvalue weighted by Crippen LogP contribution is -1.99. The summed E-state index contributed by atoms with van der Waals surface area (Å²) >= 11 is 0. The van der Waals surface area contributed by atoms with Crippen LogP contribution in [0.25, 0.3) is 12.2 Å². The van der Waals surface area contributed by atoms with Crippen LogP contribution in [0.15, 0.2) is 24.3 Å². The average Bonchev–Trinajstić information content (AvgIpc) is 2.65. The molecular weight excluding hydrogens is 387 g/mol. The van der Waals surface area contributed by atoms with Crippen molar-refractivity contribution in [2.24, 2.45) is 0 Å². The number of benzene rings is 2. The number of phosphoric ester groups is 1. The van der Waals surface area contributed by atoms with Crippen LogP contribution < -0.4 is 14.0 Å². The molecule has 0 spiro atoms. The van der Waals surface area contributed by atoms with Crippen LogP contribution in [0.1, 0.15) is 27.8 Å². The van der Waals surface area contributed by atoms with Crippen molar-refractivity contribution in [2.45, 2.75) is 20.1 Å². The molecule has 2 aromatic rings. The fourth-order valence-electron chi connectivity index (χ4n) is 2.76. The number of hydrogen-bond donors (Lipinski definition) is 4. The molecule has 0 aromatic heterocycles. The third-order valence-electron chi connectivity index (χ3n) is 4.07. The van der Waals surface area contributed by atoms with E-state index < -0.39 is 7.82 Å². The first kappa shape index (κ1) is 21.9. The Morgan fingerprint density at radius 2 is 1.61 bits per heavy atom. The van der Waals surface area contributed by atoms with Crippen LogP contribution in [-0.2, 0) is 17.8 Å². The quantitative estimate of drug-likeness (QED) is 0.387. The van der Waals surface area contributed by atoms with Crippen LogP contribution >= 0.6 is 7.82 Å². The van der Waals surface area contributed by atoms with E-state index in [1.54, 1.807) is 37.3 Å². The monoisotopic (exact) mass is 410 g/mol. The van der Waals surface area contributed by atoms with Gasteiger partial charge in [0, 0.05) is 17.2 Å². The van der Waals surface area contributed by atoms with Gasteiger partial charge >= 0.3 is 7.82 Å². The van der Waals surface area contributed by atoms with Crippen LogP contribution in [-0.4, -0.2) is 34.2 Å². The van der Waals surface area contributed by atoms with Crippen molar-refractivity contribution in [3.63, 3.8) is 0 Å². The summed E-state index contributed by atoms with van der Waals surface area (Å²) in [5, 5.41) is 19.0. The first-order valence-corrected chi connectivity index (χ1v) is 9.78. The fraction of sp³-hybridized carbons (Fsp3) is 0.263. The van der Waals surface area contributed by atoms with E-state index in [1.165, 1.54) is 20.3 Å². The van der Waals surface area contributed by atoms with E-state index in [0.717, 1.165) is 5.56 Å². The molecule has 4 N–H and O–H groups in total. The van der Waals surface area contributed by atoms with Crippen molar-refractivity contribution < 1.29 is 38.6 Å². The van der Waals surface area contributed by atoms with Crippen molar-refractivity contribution in [1.82, 2.24) is 0 Å². The van der Waals surface area contributed by atoms with Crippen LogP contribution in [0, 0.1) is 6.92 Å². The topological polar surface area (TPSA) is 126 Å². The Hall–Kier alpha value is -2.35. The summed E-state index contributed by atoms with van der Waals surface area (Å²) < 4.78 is 26.5. The summed E-state index contributed by atoms with van der Waals surface area (Å²) in [6, 6.07) is 6.45. The van der Waals surface area contributed by atoms with Gasteiger partial charge in [-0.3, -0.25) is 9.79 Å². The minimum atomic E-state index is -4.76. The summed E-state index contributed by atoms with van der Waals surface area (Å²) in [4.78, 5) is 18.3. The minimum absolute atomic E-state index is 0.0339. The highest BCUT2D eigenvalue weighted by Crippen LogP contribution is 2.42. The highest BCUT2D eigenvalue weighted by molar-refractivity contribution is 7.46. The summed E-state index contributed by atoms with van der Waals surface area (Å²) in [6.07, 6.45) is 3.29. The molecule has 2 rings (SSSR count). The van der Waals surface area contributed by atoms with E-state index >= 15 is 0 Å². The molecule has 0 atom stereocenters. The zero-order valence-electron chi connectivity index (χ0n) is 15.7.